The second kappa shape index (κ2) is 6.57. The van der Waals surface area contributed by atoms with E-state index in [-0.39, 0.29) is 27.7 Å². The van der Waals surface area contributed by atoms with Gasteiger partial charge in [-0.25, -0.2) is 4.79 Å². The number of benzene rings is 1. The highest BCUT2D eigenvalue weighted by atomic mass is 35.5. The van der Waals surface area contributed by atoms with Crippen molar-refractivity contribution < 1.29 is 19.2 Å². The van der Waals surface area contributed by atoms with Gasteiger partial charge in [0.2, 0.25) is 5.78 Å². The minimum absolute atomic E-state index is 0.0861. The Morgan fingerprint density at radius 2 is 2.09 bits per heavy atom. The number of methoxy groups -OCH3 is 1. The van der Waals surface area contributed by atoms with Crippen molar-refractivity contribution >= 4 is 29.0 Å². The normalized spacial score (nSPS) is 10.4. The number of carbonyl (C=O) groups excluding carboxylic acids is 2. The number of ketones is 1. The minimum Gasteiger partial charge on any atom is -0.464 e. The molecule has 0 spiro atoms. The van der Waals surface area contributed by atoms with Gasteiger partial charge in [0.15, 0.2) is 0 Å². The van der Waals surface area contributed by atoms with Crippen LogP contribution in [-0.2, 0) is 11.3 Å². The number of esters is 1. The van der Waals surface area contributed by atoms with E-state index in [2.05, 4.69) is 9.84 Å². The van der Waals surface area contributed by atoms with Gasteiger partial charge in [0, 0.05) is 23.7 Å². The molecule has 120 valence electrons. The highest BCUT2D eigenvalue weighted by Crippen LogP contribution is 2.25. The summed E-state index contributed by atoms with van der Waals surface area (Å²) in [7, 11) is 1.21. The zero-order valence-corrected chi connectivity index (χ0v) is 13.0. The Hall–Kier alpha value is -2.74. The van der Waals surface area contributed by atoms with Crippen LogP contribution in [0.1, 0.15) is 33.5 Å². The van der Waals surface area contributed by atoms with E-state index in [0.29, 0.717) is 6.54 Å². The topological polar surface area (TPSA) is 104 Å². The van der Waals surface area contributed by atoms with Gasteiger partial charge < -0.3 is 4.74 Å². The Balaban J connectivity index is 2.54. The van der Waals surface area contributed by atoms with E-state index in [1.807, 2.05) is 0 Å². The molecule has 0 radical (unpaired) electrons. The number of nitro benzene ring substituents is 1. The number of hydrogen-bond acceptors (Lipinski definition) is 6. The zero-order chi connectivity index (χ0) is 17.1. The van der Waals surface area contributed by atoms with Crippen molar-refractivity contribution in [3.8, 4) is 0 Å². The molecule has 23 heavy (non-hydrogen) atoms. The van der Waals surface area contributed by atoms with Crippen molar-refractivity contribution in [3.63, 3.8) is 0 Å². The van der Waals surface area contributed by atoms with Crippen LogP contribution in [0.4, 0.5) is 5.69 Å². The maximum atomic E-state index is 12.5. The number of nitrogens with zero attached hydrogens (tertiary/aromatic N) is 3. The zero-order valence-electron chi connectivity index (χ0n) is 12.3. The van der Waals surface area contributed by atoms with E-state index in [9.17, 15) is 19.7 Å². The Morgan fingerprint density at radius 3 is 2.65 bits per heavy atom. The van der Waals surface area contributed by atoms with Gasteiger partial charge in [-0.1, -0.05) is 11.6 Å². The monoisotopic (exact) mass is 337 g/mol. The van der Waals surface area contributed by atoms with Gasteiger partial charge in [-0.05, 0) is 19.1 Å². The van der Waals surface area contributed by atoms with Crippen molar-refractivity contribution in [2.75, 3.05) is 7.11 Å². The summed E-state index contributed by atoms with van der Waals surface area (Å²) in [5, 5.41) is 15.2. The van der Waals surface area contributed by atoms with Gasteiger partial charge in [-0.3, -0.25) is 19.6 Å². The van der Waals surface area contributed by atoms with Crippen LogP contribution in [0.25, 0.3) is 0 Å². The standard InChI is InChI=1S/C14H12ClN3O5/c1-3-17-12(14(20)23-2)7-10(16-17)13(19)9-6-8(15)4-5-11(9)18(21)22/h4-7H,3H2,1-2H3. The lowest BCUT2D eigenvalue weighted by Gasteiger charge is -2.01. The molecular weight excluding hydrogens is 326 g/mol. The van der Waals surface area contributed by atoms with Gasteiger partial charge in [0.25, 0.3) is 5.69 Å². The first kappa shape index (κ1) is 16.6. The summed E-state index contributed by atoms with van der Waals surface area (Å²) in [6.07, 6.45) is 0. The molecule has 0 aliphatic carbocycles. The summed E-state index contributed by atoms with van der Waals surface area (Å²) < 4.78 is 5.91. The maximum Gasteiger partial charge on any atom is 0.356 e. The molecule has 1 aromatic carbocycles. The van der Waals surface area contributed by atoms with Gasteiger partial charge in [0.05, 0.1) is 12.0 Å². The molecule has 0 saturated carbocycles. The Morgan fingerprint density at radius 1 is 1.39 bits per heavy atom. The van der Waals surface area contributed by atoms with Gasteiger partial charge in [-0.2, -0.15) is 5.10 Å². The number of rotatable bonds is 5. The molecule has 1 aromatic heterocycles. The molecule has 0 aliphatic heterocycles. The molecule has 0 aliphatic rings. The van der Waals surface area contributed by atoms with Crippen molar-refractivity contribution in [1.29, 1.82) is 0 Å². The number of carbonyl (C=O) groups is 2. The van der Waals surface area contributed by atoms with Crippen LogP contribution in [0.3, 0.4) is 0 Å². The van der Waals surface area contributed by atoms with Crippen LogP contribution in [0, 0.1) is 10.1 Å². The lowest BCUT2D eigenvalue weighted by atomic mass is 10.1. The van der Waals surface area contributed by atoms with Crippen molar-refractivity contribution in [2.24, 2.45) is 0 Å². The summed E-state index contributed by atoms with van der Waals surface area (Å²) in [6, 6.07) is 4.90. The number of ether oxygens (including phenoxy) is 1. The molecule has 0 bridgehead atoms. The highest BCUT2D eigenvalue weighted by Gasteiger charge is 2.26. The fourth-order valence-corrected chi connectivity index (χ4v) is 2.20. The fourth-order valence-electron chi connectivity index (χ4n) is 2.02. The van der Waals surface area contributed by atoms with Crippen LogP contribution >= 0.6 is 11.6 Å². The van der Waals surface area contributed by atoms with Crippen LogP contribution in [0.5, 0.6) is 0 Å². The first-order valence-electron chi connectivity index (χ1n) is 6.53. The van der Waals surface area contributed by atoms with Gasteiger partial charge in [-0.15, -0.1) is 0 Å². The number of hydrogen-bond donors (Lipinski definition) is 0. The molecule has 2 rings (SSSR count). The van der Waals surface area contributed by atoms with Crippen molar-refractivity contribution in [2.45, 2.75) is 13.5 Å². The molecular formula is C14H12ClN3O5. The second-order valence-electron chi connectivity index (χ2n) is 4.47. The van der Waals surface area contributed by atoms with Crippen LogP contribution < -0.4 is 0 Å². The summed E-state index contributed by atoms with van der Waals surface area (Å²) in [6.45, 7) is 2.06. The van der Waals surface area contributed by atoms with E-state index in [1.54, 1.807) is 6.92 Å². The molecule has 0 saturated heterocycles. The SMILES string of the molecule is CCn1nc(C(=O)c2cc(Cl)ccc2[N+](=O)[O-])cc1C(=O)OC. The molecule has 8 nitrogen and oxygen atoms in total. The second-order valence-corrected chi connectivity index (χ2v) is 4.91. The molecule has 0 fully saturated rings. The first-order chi connectivity index (χ1) is 10.9. The fraction of sp³-hybridized carbons (Fsp3) is 0.214. The van der Waals surface area contributed by atoms with Crippen molar-refractivity contribution in [1.82, 2.24) is 9.78 Å². The molecule has 0 N–H and O–H groups in total. The van der Waals surface area contributed by atoms with Crippen molar-refractivity contribution in [3.05, 3.63) is 56.4 Å². The highest BCUT2D eigenvalue weighted by molar-refractivity contribution is 6.31. The smallest absolute Gasteiger partial charge is 0.356 e. The average molecular weight is 338 g/mol. The van der Waals surface area contributed by atoms with Crippen LogP contribution in [0.15, 0.2) is 24.3 Å². The third-order valence-corrected chi connectivity index (χ3v) is 3.34. The number of aryl methyl sites for hydroxylation is 1. The predicted molar refractivity (Wildman–Crippen MR) is 80.8 cm³/mol. The lowest BCUT2D eigenvalue weighted by molar-refractivity contribution is -0.385. The summed E-state index contributed by atoms with van der Waals surface area (Å²) in [5.74, 6) is -1.35. The number of nitro groups is 1. The third-order valence-electron chi connectivity index (χ3n) is 3.11. The minimum atomic E-state index is -0.698. The van der Waals surface area contributed by atoms with Gasteiger partial charge in [0.1, 0.15) is 17.0 Å². The predicted octanol–water partition coefficient (Wildman–Crippen LogP) is 2.48. The summed E-state index contributed by atoms with van der Waals surface area (Å²) in [4.78, 5) is 34.6. The Labute approximate surface area is 135 Å². The quantitative estimate of drug-likeness (QED) is 0.359. The van der Waals surface area contributed by atoms with Gasteiger partial charge >= 0.3 is 5.97 Å². The average Bonchev–Trinajstić information content (AvgIpc) is 2.97. The molecule has 0 unspecified atom stereocenters. The van der Waals surface area contributed by atoms with E-state index < -0.39 is 16.7 Å². The Bertz CT molecular complexity index is 800. The maximum absolute atomic E-state index is 12.5. The van der Waals surface area contributed by atoms with E-state index in [4.69, 9.17) is 11.6 Å². The summed E-state index contributed by atoms with van der Waals surface area (Å²) >= 11 is 5.82. The molecule has 1 heterocycles. The van der Waals surface area contributed by atoms with E-state index in [0.717, 1.165) is 6.07 Å². The molecule has 0 atom stereocenters. The largest absolute Gasteiger partial charge is 0.464 e. The van der Waals surface area contributed by atoms with E-state index >= 15 is 0 Å². The first-order valence-corrected chi connectivity index (χ1v) is 6.91. The molecule has 9 heteroatoms. The Kier molecular flexibility index (Phi) is 4.75. The van der Waals surface area contributed by atoms with Crippen LogP contribution in [-0.4, -0.2) is 33.6 Å². The number of halogens is 1. The molecule has 2 aromatic rings. The number of aromatic nitrogens is 2. The lowest BCUT2D eigenvalue weighted by Crippen LogP contribution is -2.11. The summed E-state index contributed by atoms with van der Waals surface area (Å²) in [5.41, 5.74) is -0.592. The van der Waals surface area contributed by atoms with E-state index in [1.165, 1.54) is 30.0 Å². The molecule has 0 amide bonds. The van der Waals surface area contributed by atoms with Crippen LogP contribution in [0.2, 0.25) is 5.02 Å². The third kappa shape index (κ3) is 3.21.